The molecule has 50 valence electrons. The van der Waals surface area contributed by atoms with E-state index >= 15 is 0 Å². The van der Waals surface area contributed by atoms with Gasteiger partial charge in [-0.15, -0.1) is 0 Å². The van der Waals surface area contributed by atoms with Gasteiger partial charge in [0.15, 0.2) is 0 Å². The van der Waals surface area contributed by atoms with Crippen LogP contribution in [0.3, 0.4) is 0 Å². The number of hydrogen-bond acceptors (Lipinski definition) is 1. The van der Waals surface area contributed by atoms with Crippen molar-refractivity contribution in [2.75, 3.05) is 6.44 Å². The van der Waals surface area contributed by atoms with E-state index in [1.165, 1.54) is 0 Å². The Labute approximate surface area is 56.6 Å². The third kappa shape index (κ3) is 1.09. The lowest BCUT2D eigenvalue weighted by Crippen LogP contribution is -2.31. The molecule has 1 heterocycles. The summed E-state index contributed by atoms with van der Waals surface area (Å²) in [5.74, 6) is 0.324. The molecular weight excluding hydrogens is 113 g/mol. The fourth-order valence-electron chi connectivity index (χ4n) is 1.37. The maximum absolute atomic E-state index is 10.9. The topological polar surface area (TPSA) is 20.3 Å². The van der Waals surface area contributed by atoms with E-state index < -0.39 is 0 Å². The Morgan fingerprint density at radius 1 is 1.89 bits per heavy atom. The van der Waals surface area contributed by atoms with E-state index in [1.807, 2.05) is 12.7 Å². The lowest BCUT2D eigenvalue weighted by atomic mass is 10.1. The quantitative estimate of drug-likeness (QED) is 0.436. The largest absolute Gasteiger partial charge is 0.348 e. The molecule has 3 heteroatoms. The van der Waals surface area contributed by atoms with Gasteiger partial charge in [-0.1, -0.05) is 0 Å². The highest BCUT2D eigenvalue weighted by Gasteiger charge is 2.24. The minimum atomic E-state index is 0.324. The van der Waals surface area contributed by atoms with Crippen LogP contribution in [-0.4, -0.2) is 31.1 Å². The first-order valence-electron chi connectivity index (χ1n) is 3.55. The molecule has 0 bridgehead atoms. The molecule has 0 aromatic carbocycles. The molecule has 1 aliphatic heterocycles. The van der Waals surface area contributed by atoms with Gasteiger partial charge in [0, 0.05) is 12.5 Å². The summed E-state index contributed by atoms with van der Waals surface area (Å²) < 4.78 is 0. The minimum Gasteiger partial charge on any atom is -0.348 e. The molecule has 1 aliphatic rings. The van der Waals surface area contributed by atoms with Gasteiger partial charge < -0.3 is 4.90 Å². The molecule has 0 aromatic heterocycles. The SMILES string of the molecule is BCN1C(=O)CC[C@@H]1C. The van der Waals surface area contributed by atoms with Crippen LogP contribution in [0.1, 0.15) is 19.8 Å². The van der Waals surface area contributed by atoms with Gasteiger partial charge >= 0.3 is 0 Å². The van der Waals surface area contributed by atoms with Gasteiger partial charge in [-0.2, -0.15) is 0 Å². The van der Waals surface area contributed by atoms with Crippen molar-refractivity contribution in [3.63, 3.8) is 0 Å². The van der Waals surface area contributed by atoms with Crippen LogP contribution >= 0.6 is 0 Å². The number of hydrogen-bond donors (Lipinski definition) is 0. The van der Waals surface area contributed by atoms with Crippen molar-refractivity contribution in [3.8, 4) is 0 Å². The molecule has 0 aliphatic carbocycles. The Hall–Kier alpha value is -0.465. The van der Waals surface area contributed by atoms with Crippen molar-refractivity contribution >= 4 is 13.8 Å². The molecule has 2 nitrogen and oxygen atoms in total. The van der Waals surface area contributed by atoms with E-state index in [4.69, 9.17) is 0 Å². The van der Waals surface area contributed by atoms with Crippen LogP contribution in [0.15, 0.2) is 0 Å². The van der Waals surface area contributed by atoms with Crippen molar-refractivity contribution < 1.29 is 4.79 Å². The molecule has 1 amide bonds. The smallest absolute Gasteiger partial charge is 0.222 e. The zero-order valence-electron chi connectivity index (χ0n) is 6.05. The van der Waals surface area contributed by atoms with Crippen molar-refractivity contribution in [2.45, 2.75) is 25.8 Å². The number of nitrogens with zero attached hydrogens (tertiary/aromatic N) is 1. The predicted octanol–water partition coefficient (Wildman–Crippen LogP) is -0.412. The molecule has 1 rings (SSSR count). The molecule has 1 saturated heterocycles. The summed E-state index contributed by atoms with van der Waals surface area (Å²) in [6, 6.07) is 0.488. The fraction of sp³-hybridized carbons (Fsp3) is 0.833. The molecule has 0 radical (unpaired) electrons. The van der Waals surface area contributed by atoms with Crippen molar-refractivity contribution in [1.82, 2.24) is 4.90 Å². The summed E-state index contributed by atoms with van der Waals surface area (Å²) in [5, 5.41) is 0. The summed E-state index contributed by atoms with van der Waals surface area (Å²) >= 11 is 0. The molecule has 1 fully saturated rings. The maximum Gasteiger partial charge on any atom is 0.222 e. The zero-order valence-corrected chi connectivity index (χ0v) is 6.05. The average molecular weight is 125 g/mol. The average Bonchev–Trinajstić information content (AvgIpc) is 2.12. The summed E-state index contributed by atoms with van der Waals surface area (Å²) in [7, 11) is 2.03. The Kier molecular flexibility index (Phi) is 1.79. The van der Waals surface area contributed by atoms with Gasteiger partial charge in [-0.05, 0) is 19.8 Å². The minimum absolute atomic E-state index is 0.324. The highest BCUT2D eigenvalue weighted by molar-refractivity contribution is 6.10. The third-order valence-electron chi connectivity index (χ3n) is 1.97. The maximum atomic E-state index is 10.9. The predicted molar refractivity (Wildman–Crippen MR) is 39.0 cm³/mol. The van der Waals surface area contributed by atoms with E-state index in [9.17, 15) is 4.79 Å². The molecule has 1 atom stereocenters. The number of rotatable bonds is 1. The molecule has 0 spiro atoms. The fourth-order valence-corrected chi connectivity index (χ4v) is 1.37. The van der Waals surface area contributed by atoms with Crippen LogP contribution in [0.5, 0.6) is 0 Å². The molecule has 0 saturated carbocycles. The van der Waals surface area contributed by atoms with Crippen LogP contribution in [0.4, 0.5) is 0 Å². The van der Waals surface area contributed by atoms with Gasteiger partial charge in [-0.3, -0.25) is 4.79 Å². The van der Waals surface area contributed by atoms with E-state index in [-0.39, 0.29) is 0 Å². The summed E-state index contributed by atoms with van der Waals surface area (Å²) in [6.45, 7) is 2.11. The second-order valence-electron chi connectivity index (χ2n) is 2.57. The molecule has 9 heavy (non-hydrogen) atoms. The first kappa shape index (κ1) is 6.65. The lowest BCUT2D eigenvalue weighted by Gasteiger charge is -2.18. The summed E-state index contributed by atoms with van der Waals surface area (Å²) in [4.78, 5) is 12.9. The van der Waals surface area contributed by atoms with Crippen molar-refractivity contribution in [1.29, 1.82) is 0 Å². The Bertz CT molecular complexity index is 126. The Morgan fingerprint density at radius 2 is 2.56 bits per heavy atom. The standard InChI is InChI=1S/C6H12BNO/c1-5-2-3-6(9)8(5)4-7/h5H,2-4,7H2,1H3/t5-/m0/s1. The van der Waals surface area contributed by atoms with Crippen LogP contribution in [0, 0.1) is 0 Å². The van der Waals surface area contributed by atoms with Crippen molar-refractivity contribution in [3.05, 3.63) is 0 Å². The Morgan fingerprint density at radius 3 is 2.78 bits per heavy atom. The summed E-state index contributed by atoms with van der Waals surface area (Å²) in [6.07, 6.45) is 2.68. The van der Waals surface area contributed by atoms with Crippen LogP contribution < -0.4 is 0 Å². The molecule has 0 N–H and O–H groups in total. The number of likely N-dealkylation sites (tertiary alicyclic amines) is 1. The first-order valence-corrected chi connectivity index (χ1v) is 3.55. The monoisotopic (exact) mass is 125 g/mol. The van der Waals surface area contributed by atoms with Gasteiger partial charge in [0.2, 0.25) is 5.91 Å². The molecular formula is C6H12BNO. The van der Waals surface area contributed by atoms with Crippen LogP contribution in [0.2, 0.25) is 0 Å². The second kappa shape index (κ2) is 2.42. The number of carbonyl (C=O) groups is 1. The van der Waals surface area contributed by atoms with Gasteiger partial charge in [0.1, 0.15) is 7.85 Å². The van der Waals surface area contributed by atoms with Crippen molar-refractivity contribution in [2.24, 2.45) is 0 Å². The Balaban J connectivity index is 2.55. The van der Waals surface area contributed by atoms with Gasteiger partial charge in [-0.25, -0.2) is 0 Å². The van der Waals surface area contributed by atoms with E-state index in [1.54, 1.807) is 0 Å². The second-order valence-corrected chi connectivity index (χ2v) is 2.57. The number of carbonyl (C=O) groups excluding carboxylic acids is 1. The third-order valence-corrected chi connectivity index (χ3v) is 1.97. The highest BCUT2D eigenvalue weighted by atomic mass is 16.2. The number of amides is 1. The summed E-state index contributed by atoms with van der Waals surface area (Å²) in [5.41, 5.74) is 0. The van der Waals surface area contributed by atoms with Gasteiger partial charge in [0.05, 0.1) is 0 Å². The molecule has 0 unspecified atom stereocenters. The van der Waals surface area contributed by atoms with Crippen LogP contribution in [-0.2, 0) is 4.79 Å². The molecule has 0 aromatic rings. The zero-order chi connectivity index (χ0) is 6.85. The first-order chi connectivity index (χ1) is 4.25. The van der Waals surface area contributed by atoms with E-state index in [2.05, 4.69) is 6.92 Å². The van der Waals surface area contributed by atoms with Gasteiger partial charge in [0.25, 0.3) is 0 Å². The van der Waals surface area contributed by atoms with Crippen LogP contribution in [0.25, 0.3) is 0 Å². The highest BCUT2D eigenvalue weighted by Crippen LogP contribution is 2.15. The lowest BCUT2D eigenvalue weighted by molar-refractivity contribution is -0.127. The normalized spacial score (nSPS) is 27.4. The van der Waals surface area contributed by atoms with E-state index in [0.717, 1.165) is 19.3 Å². The van der Waals surface area contributed by atoms with E-state index in [0.29, 0.717) is 11.9 Å².